The van der Waals surface area contributed by atoms with E-state index >= 15 is 0 Å². The van der Waals surface area contributed by atoms with E-state index in [2.05, 4.69) is 15.6 Å². The van der Waals surface area contributed by atoms with E-state index in [1.807, 2.05) is 52.0 Å². The Balaban J connectivity index is 0.754. The molecule has 3 aromatic carbocycles. The Morgan fingerprint density at radius 1 is 0.835 bits per heavy atom. The topological polar surface area (TPSA) is 231 Å². The highest BCUT2D eigenvalue weighted by Gasteiger charge is 2.53. The van der Waals surface area contributed by atoms with Gasteiger partial charge in [0.1, 0.15) is 36.6 Å². The van der Waals surface area contributed by atoms with Crippen LogP contribution in [0, 0.1) is 23.7 Å². The van der Waals surface area contributed by atoms with E-state index in [-0.39, 0.29) is 64.1 Å². The van der Waals surface area contributed by atoms with Crippen molar-refractivity contribution in [2.75, 3.05) is 89.0 Å². The molecule has 0 bridgehead atoms. The summed E-state index contributed by atoms with van der Waals surface area (Å²) >= 11 is 1.56. The minimum atomic E-state index is -4.87. The van der Waals surface area contributed by atoms with Crippen LogP contribution in [0.25, 0.3) is 10.4 Å². The first-order chi connectivity index (χ1) is 37.6. The number of aromatic nitrogens is 1. The molecule has 0 spiro atoms. The molecule has 79 heavy (non-hydrogen) atoms. The lowest BCUT2D eigenvalue weighted by Crippen LogP contribution is -2.58. The Bertz CT molecular complexity index is 2730. The van der Waals surface area contributed by atoms with E-state index in [1.54, 1.807) is 41.1 Å². The number of likely N-dealkylation sites (tertiary alicyclic amines) is 1. The lowest BCUT2D eigenvalue weighted by atomic mass is 9.85. The number of anilines is 2. The zero-order valence-electron chi connectivity index (χ0n) is 45.4. The molecule has 4 aromatic rings. The van der Waals surface area contributed by atoms with Gasteiger partial charge in [-0.05, 0) is 99.0 Å². The monoisotopic (exact) mass is 1120 g/mol. The zero-order valence-corrected chi connectivity index (χ0v) is 46.2. The summed E-state index contributed by atoms with van der Waals surface area (Å²) in [5.74, 6) is -1.60. The molecule has 19 nitrogen and oxygen atoms in total. The van der Waals surface area contributed by atoms with Crippen molar-refractivity contribution in [1.29, 1.82) is 5.26 Å². The van der Waals surface area contributed by atoms with E-state index < -0.39 is 70.2 Å². The Kier molecular flexibility index (Phi) is 22.3. The van der Waals surface area contributed by atoms with Gasteiger partial charge in [-0.15, -0.1) is 11.3 Å². The highest BCUT2D eigenvalue weighted by Crippen LogP contribution is 2.40. The second-order valence-corrected chi connectivity index (χ2v) is 21.4. The number of nitrogens with zero attached hydrogens (tertiary/aromatic N) is 5. The predicted octanol–water partition coefficient (Wildman–Crippen LogP) is 7.20. The lowest BCUT2D eigenvalue weighted by molar-refractivity contribution is -0.144. The average Bonchev–Trinajstić information content (AvgIpc) is 4.29. The summed E-state index contributed by atoms with van der Waals surface area (Å²) in [6.45, 7) is 13.8. The van der Waals surface area contributed by atoms with Gasteiger partial charge in [0.15, 0.2) is 0 Å². The van der Waals surface area contributed by atoms with Crippen molar-refractivity contribution in [2.24, 2.45) is 5.41 Å². The third-order valence-corrected chi connectivity index (χ3v) is 14.1. The number of ether oxygens (including phenoxy) is 6. The van der Waals surface area contributed by atoms with Crippen LogP contribution in [0.5, 0.6) is 5.75 Å². The molecule has 6 amide bonds. The number of aliphatic hydroxyl groups is 1. The van der Waals surface area contributed by atoms with Gasteiger partial charge in [0, 0.05) is 38.4 Å². The summed E-state index contributed by atoms with van der Waals surface area (Å²) in [7, 11) is 0. The van der Waals surface area contributed by atoms with Crippen LogP contribution in [0.4, 0.5) is 29.3 Å². The molecular formula is C56H70F3N7O12S. The fourth-order valence-corrected chi connectivity index (χ4v) is 9.68. The highest BCUT2D eigenvalue weighted by atomic mass is 32.1. The lowest BCUT2D eigenvalue weighted by Gasteiger charge is -2.35. The number of halogens is 3. The molecule has 6 rings (SSSR count). The molecule has 428 valence electrons. The van der Waals surface area contributed by atoms with Crippen molar-refractivity contribution in [3.8, 4) is 22.3 Å². The van der Waals surface area contributed by atoms with Gasteiger partial charge in [-0.2, -0.15) is 18.4 Å². The van der Waals surface area contributed by atoms with Gasteiger partial charge >= 0.3 is 12.2 Å². The summed E-state index contributed by atoms with van der Waals surface area (Å²) in [5, 5.41) is 25.4. The van der Waals surface area contributed by atoms with E-state index in [0.717, 1.165) is 53.1 Å². The number of rotatable bonds is 29. The van der Waals surface area contributed by atoms with Gasteiger partial charge in [-0.3, -0.25) is 24.1 Å². The number of β-amino-alcohol motifs (C(OH)–C–C–N with tert-alkyl or cyclic N) is 1. The first-order valence-corrected chi connectivity index (χ1v) is 27.0. The largest absolute Gasteiger partial charge is 0.491 e. The summed E-state index contributed by atoms with van der Waals surface area (Å²) in [4.78, 5) is 75.8. The van der Waals surface area contributed by atoms with Gasteiger partial charge in [-0.1, -0.05) is 45.0 Å². The number of hydrogen-bond acceptors (Lipinski definition) is 15. The number of thiazole rings is 1. The van der Waals surface area contributed by atoms with Crippen molar-refractivity contribution in [3.63, 3.8) is 0 Å². The van der Waals surface area contributed by atoms with Crippen LogP contribution in [0.2, 0.25) is 0 Å². The molecule has 2 aliphatic heterocycles. The Hall–Kier alpha value is -6.52. The van der Waals surface area contributed by atoms with Crippen LogP contribution in [-0.2, 0) is 55.6 Å². The highest BCUT2D eigenvalue weighted by molar-refractivity contribution is 7.13. The molecule has 2 fully saturated rings. The van der Waals surface area contributed by atoms with Gasteiger partial charge in [0.05, 0.1) is 91.3 Å². The quantitative estimate of drug-likeness (QED) is 0.0361. The number of benzene rings is 3. The Morgan fingerprint density at radius 3 is 2.01 bits per heavy atom. The Morgan fingerprint density at radius 2 is 1.43 bits per heavy atom. The third-order valence-electron chi connectivity index (χ3n) is 13.1. The smallest absolute Gasteiger partial charge is 0.417 e. The predicted molar refractivity (Wildman–Crippen MR) is 287 cm³/mol. The van der Waals surface area contributed by atoms with Crippen LogP contribution < -0.4 is 25.2 Å². The van der Waals surface area contributed by atoms with Gasteiger partial charge in [0.2, 0.25) is 17.7 Å². The Labute approximate surface area is 462 Å². The number of carbonyl (C=O) groups is 5. The van der Waals surface area contributed by atoms with E-state index in [1.165, 1.54) is 29.7 Å². The average molecular weight is 1120 g/mol. The molecule has 23 heteroatoms. The van der Waals surface area contributed by atoms with Crippen molar-refractivity contribution in [3.05, 3.63) is 94.6 Å². The number of aliphatic hydroxyl groups excluding tert-OH is 1. The molecule has 1 aromatic heterocycles. The fourth-order valence-electron chi connectivity index (χ4n) is 8.86. The second kappa shape index (κ2) is 28.6. The number of urea groups is 1. The van der Waals surface area contributed by atoms with Crippen molar-refractivity contribution in [2.45, 2.75) is 104 Å². The summed E-state index contributed by atoms with van der Waals surface area (Å²) in [6, 6.07) is 15.7. The first-order valence-electron chi connectivity index (χ1n) is 26.1. The number of imide groups is 1. The van der Waals surface area contributed by atoms with E-state index in [9.17, 15) is 42.3 Å². The van der Waals surface area contributed by atoms with Crippen molar-refractivity contribution >= 4 is 52.4 Å². The SMILES string of the molecule is Cc1ncsc1-c1ccc(CNC(=O)[C@@H]2C[C@@H](O)CN2C(=O)[C@@H](NC(=O)COCCOCCOCCCCCOCCOCCOc2ccc(N3C(=O)N(c4ccc(C#N)c(C(F)(F)F)c4)C(=O)C3(C)C)cc2)C(C)(C)C)cc1. The number of nitriles is 1. The fraction of sp³-hybridized carbons (Fsp3) is 0.518. The molecule has 0 aliphatic carbocycles. The minimum Gasteiger partial charge on any atom is -0.491 e. The van der Waals surface area contributed by atoms with Gasteiger partial charge < -0.3 is 49.1 Å². The standard InChI is InChI=1S/C56H70F3N7O12S/c1-37-48(79-36-62-37)39-12-10-38(11-13-39)33-61-50(69)46-31-43(67)34-64(46)51(70)49(54(2,3)4)63-47(68)35-77-27-26-75-24-22-73-20-8-7-9-21-74-23-25-76-28-29-78-44-18-16-41(17-19-44)66-53(72)65(52(71)55(66,5)6)42-15-14-40(32-60)45(30-42)56(57,58)59/h10-19,30,36,43,46,49,67H,7-9,20-29,31,33-35H2,1-6H3,(H,61,69)(H,63,68)/t43-,46+,49-/m1/s1. The molecule has 0 unspecified atom stereocenters. The first kappa shape index (κ1) is 61.7. The maximum absolute atomic E-state index is 13.9. The second-order valence-electron chi connectivity index (χ2n) is 20.5. The van der Waals surface area contributed by atoms with Crippen LogP contribution in [0.1, 0.15) is 82.7 Å². The third kappa shape index (κ3) is 17.0. The van der Waals surface area contributed by atoms with Crippen molar-refractivity contribution in [1.82, 2.24) is 20.5 Å². The number of aryl methyl sites for hydroxylation is 1. The number of hydrogen-bond donors (Lipinski definition) is 3. The number of amides is 6. The number of carbonyl (C=O) groups excluding carboxylic acids is 5. The summed E-state index contributed by atoms with van der Waals surface area (Å²) < 4.78 is 74.7. The molecular weight excluding hydrogens is 1050 g/mol. The molecule has 2 aliphatic rings. The van der Waals surface area contributed by atoms with Crippen LogP contribution >= 0.6 is 11.3 Å². The molecule has 3 atom stereocenters. The van der Waals surface area contributed by atoms with E-state index in [4.69, 9.17) is 33.7 Å². The van der Waals surface area contributed by atoms with E-state index in [0.29, 0.717) is 62.0 Å². The zero-order chi connectivity index (χ0) is 57.3. The number of unbranched alkanes of at least 4 members (excludes halogenated alkanes) is 2. The molecule has 2 saturated heterocycles. The van der Waals surface area contributed by atoms with Crippen LogP contribution in [0.3, 0.4) is 0 Å². The molecule has 3 heterocycles. The molecule has 0 radical (unpaired) electrons. The van der Waals surface area contributed by atoms with Gasteiger partial charge in [0.25, 0.3) is 5.91 Å². The summed E-state index contributed by atoms with van der Waals surface area (Å²) in [6.07, 6.45) is -3.07. The van der Waals surface area contributed by atoms with Crippen LogP contribution in [-0.4, -0.2) is 148 Å². The maximum atomic E-state index is 13.9. The van der Waals surface area contributed by atoms with Crippen molar-refractivity contribution < 1.29 is 70.7 Å². The number of alkyl halides is 3. The summed E-state index contributed by atoms with van der Waals surface area (Å²) in [5.41, 5.74) is 0.701. The normalized spacial score (nSPS) is 16.8. The minimum absolute atomic E-state index is 0.0313. The molecule has 3 N–H and O–H groups in total. The van der Waals surface area contributed by atoms with Crippen LogP contribution in [0.15, 0.2) is 72.2 Å². The molecule has 0 saturated carbocycles. The van der Waals surface area contributed by atoms with Gasteiger partial charge in [-0.25, -0.2) is 14.7 Å². The maximum Gasteiger partial charge on any atom is 0.417 e. The number of nitrogens with one attached hydrogen (secondary N) is 2.